The fourth-order valence-electron chi connectivity index (χ4n) is 2.08. The summed E-state index contributed by atoms with van der Waals surface area (Å²) in [6.07, 6.45) is 0. The third kappa shape index (κ3) is 3.29. The Balaban J connectivity index is 1.79. The molecule has 0 aliphatic heterocycles. The third-order valence-corrected chi connectivity index (χ3v) is 3.82. The number of para-hydroxylation sites is 1. The van der Waals surface area contributed by atoms with Crippen LogP contribution < -0.4 is 5.73 Å². The van der Waals surface area contributed by atoms with Crippen molar-refractivity contribution in [2.24, 2.45) is 0 Å². The summed E-state index contributed by atoms with van der Waals surface area (Å²) in [6.45, 7) is -0.127. The lowest BCUT2D eigenvalue weighted by Crippen LogP contribution is -2.09. The number of benzene rings is 2. The Bertz CT molecular complexity index is 902. The minimum absolute atomic E-state index is 0.127. The highest BCUT2D eigenvalue weighted by atomic mass is 79.9. The zero-order chi connectivity index (χ0) is 16.4. The van der Waals surface area contributed by atoms with E-state index in [2.05, 4.69) is 25.9 Å². The maximum atomic E-state index is 13.0. The fraction of sp³-hybridized carbons (Fsp3) is 0.0625. The molecule has 0 saturated heterocycles. The largest absolute Gasteiger partial charge is 0.454 e. The van der Waals surface area contributed by atoms with E-state index >= 15 is 0 Å². The van der Waals surface area contributed by atoms with Gasteiger partial charge in [0.15, 0.2) is 12.4 Å². The third-order valence-electron chi connectivity index (χ3n) is 3.16. The van der Waals surface area contributed by atoms with Gasteiger partial charge in [-0.05, 0) is 46.3 Å². The van der Waals surface area contributed by atoms with Gasteiger partial charge in [-0.15, -0.1) is 0 Å². The Kier molecular flexibility index (Phi) is 4.20. The lowest BCUT2D eigenvalue weighted by molar-refractivity contribution is 0.0461. The molecule has 0 saturated carbocycles. The zero-order valence-electron chi connectivity index (χ0n) is 11.8. The smallest absolute Gasteiger partial charge is 0.339 e. The van der Waals surface area contributed by atoms with Crippen LogP contribution in [0.3, 0.4) is 0 Å². The number of nitrogens with two attached hydrogens (primary N) is 1. The van der Waals surface area contributed by atoms with Crippen molar-refractivity contribution in [2.75, 3.05) is 5.73 Å². The maximum absolute atomic E-state index is 13.0. The van der Waals surface area contributed by atoms with Gasteiger partial charge in [-0.1, -0.05) is 12.1 Å². The van der Waals surface area contributed by atoms with Crippen molar-refractivity contribution < 1.29 is 13.9 Å². The second-order valence-electron chi connectivity index (χ2n) is 4.74. The van der Waals surface area contributed by atoms with Crippen LogP contribution in [0.2, 0.25) is 0 Å². The van der Waals surface area contributed by atoms with Gasteiger partial charge in [-0.25, -0.2) is 19.2 Å². The molecule has 0 fully saturated rings. The average Bonchev–Trinajstić information content (AvgIpc) is 2.53. The number of ether oxygens (including phenoxy) is 1. The van der Waals surface area contributed by atoms with Gasteiger partial charge in [-0.2, -0.15) is 0 Å². The Morgan fingerprint density at radius 3 is 2.78 bits per heavy atom. The second kappa shape index (κ2) is 6.29. The number of hydrogen-bond acceptors (Lipinski definition) is 5. The van der Waals surface area contributed by atoms with Crippen LogP contribution in [0.5, 0.6) is 0 Å². The number of nitrogen functional groups attached to an aromatic ring is 1. The van der Waals surface area contributed by atoms with Gasteiger partial charge in [0.2, 0.25) is 0 Å². The molecule has 0 radical (unpaired) electrons. The predicted molar refractivity (Wildman–Crippen MR) is 87.2 cm³/mol. The molecule has 2 aromatic carbocycles. The van der Waals surface area contributed by atoms with Crippen molar-refractivity contribution in [1.29, 1.82) is 0 Å². The molecule has 0 aliphatic rings. The quantitative estimate of drug-likeness (QED) is 0.709. The fourth-order valence-corrected chi connectivity index (χ4v) is 2.59. The summed E-state index contributed by atoms with van der Waals surface area (Å²) in [5.41, 5.74) is 6.77. The highest BCUT2D eigenvalue weighted by Crippen LogP contribution is 2.20. The first kappa shape index (κ1) is 15.4. The summed E-state index contributed by atoms with van der Waals surface area (Å²) in [5, 5.41) is 0.740. The summed E-state index contributed by atoms with van der Waals surface area (Å²) >= 11 is 3.13. The molecule has 116 valence electrons. The molecule has 1 heterocycles. The number of nitrogens with zero attached hydrogens (tertiary/aromatic N) is 2. The molecule has 0 bridgehead atoms. The number of halogens is 2. The number of esters is 1. The molecule has 7 heteroatoms. The number of aromatic nitrogens is 2. The van der Waals surface area contributed by atoms with E-state index in [0.29, 0.717) is 21.6 Å². The standard InChI is InChI=1S/C16H11BrFN3O2/c17-12-7-9(18)5-6-10(12)16(22)23-8-14-20-13-4-2-1-3-11(13)15(19)21-14/h1-7H,8H2,(H2,19,20,21). The zero-order valence-corrected chi connectivity index (χ0v) is 13.4. The first-order valence-corrected chi connectivity index (χ1v) is 7.47. The minimum atomic E-state index is -0.604. The molecule has 3 aromatic rings. The van der Waals surface area contributed by atoms with Gasteiger partial charge in [0, 0.05) is 9.86 Å². The Morgan fingerprint density at radius 1 is 1.22 bits per heavy atom. The average molecular weight is 376 g/mol. The molecule has 5 nitrogen and oxygen atoms in total. The maximum Gasteiger partial charge on any atom is 0.339 e. The first-order valence-electron chi connectivity index (χ1n) is 6.68. The normalized spacial score (nSPS) is 10.7. The number of carbonyl (C=O) groups is 1. The van der Waals surface area contributed by atoms with Crippen molar-refractivity contribution in [3.63, 3.8) is 0 Å². The minimum Gasteiger partial charge on any atom is -0.454 e. The first-order chi connectivity index (χ1) is 11.0. The Labute approximate surface area is 139 Å². The van der Waals surface area contributed by atoms with E-state index < -0.39 is 11.8 Å². The van der Waals surface area contributed by atoms with Crippen molar-refractivity contribution in [3.8, 4) is 0 Å². The van der Waals surface area contributed by atoms with Gasteiger partial charge in [0.05, 0.1) is 11.1 Å². The summed E-state index contributed by atoms with van der Waals surface area (Å²) in [6, 6.07) is 11.0. The van der Waals surface area contributed by atoms with Crippen LogP contribution in [0.15, 0.2) is 46.9 Å². The van der Waals surface area contributed by atoms with Crippen LogP contribution in [-0.2, 0) is 11.3 Å². The molecule has 3 rings (SSSR count). The van der Waals surface area contributed by atoms with E-state index in [1.807, 2.05) is 18.2 Å². The van der Waals surface area contributed by atoms with Crippen LogP contribution in [0, 0.1) is 5.82 Å². The van der Waals surface area contributed by atoms with Gasteiger partial charge in [0.25, 0.3) is 0 Å². The van der Waals surface area contributed by atoms with Crippen LogP contribution in [-0.4, -0.2) is 15.9 Å². The number of hydrogen-bond donors (Lipinski definition) is 1. The Hall–Kier alpha value is -2.54. The van der Waals surface area contributed by atoms with Crippen molar-refractivity contribution in [2.45, 2.75) is 6.61 Å². The Morgan fingerprint density at radius 2 is 2.00 bits per heavy atom. The monoisotopic (exact) mass is 375 g/mol. The molecule has 23 heavy (non-hydrogen) atoms. The lowest BCUT2D eigenvalue weighted by atomic mass is 10.2. The molecule has 0 unspecified atom stereocenters. The van der Waals surface area contributed by atoms with Crippen molar-refractivity contribution in [1.82, 2.24) is 9.97 Å². The highest BCUT2D eigenvalue weighted by Gasteiger charge is 2.14. The van der Waals surface area contributed by atoms with Crippen molar-refractivity contribution >= 4 is 38.6 Å². The molecule has 0 spiro atoms. The van der Waals surface area contributed by atoms with E-state index in [9.17, 15) is 9.18 Å². The summed E-state index contributed by atoms with van der Waals surface area (Å²) in [5.74, 6) is -0.427. The molecule has 0 atom stereocenters. The SMILES string of the molecule is Nc1nc(COC(=O)c2ccc(F)cc2Br)nc2ccccc12. The van der Waals surface area contributed by atoms with Gasteiger partial charge in [0.1, 0.15) is 11.6 Å². The molecule has 0 aliphatic carbocycles. The van der Waals surface area contributed by atoms with Gasteiger partial charge < -0.3 is 10.5 Å². The summed E-state index contributed by atoms with van der Waals surface area (Å²) in [7, 11) is 0. The van der Waals surface area contributed by atoms with E-state index in [-0.39, 0.29) is 12.2 Å². The number of anilines is 1. The summed E-state index contributed by atoms with van der Waals surface area (Å²) in [4.78, 5) is 20.5. The van der Waals surface area contributed by atoms with E-state index in [4.69, 9.17) is 10.5 Å². The van der Waals surface area contributed by atoms with Crippen LogP contribution >= 0.6 is 15.9 Å². The van der Waals surface area contributed by atoms with Crippen LogP contribution in [0.4, 0.5) is 10.2 Å². The molecule has 0 amide bonds. The lowest BCUT2D eigenvalue weighted by Gasteiger charge is -2.07. The topological polar surface area (TPSA) is 78.1 Å². The van der Waals surface area contributed by atoms with Crippen molar-refractivity contribution in [3.05, 3.63) is 64.1 Å². The van der Waals surface area contributed by atoms with Crippen LogP contribution in [0.1, 0.15) is 16.2 Å². The molecular weight excluding hydrogens is 365 g/mol. The second-order valence-corrected chi connectivity index (χ2v) is 5.60. The van der Waals surface area contributed by atoms with E-state index in [1.54, 1.807) is 6.07 Å². The van der Waals surface area contributed by atoms with E-state index in [0.717, 1.165) is 5.39 Å². The van der Waals surface area contributed by atoms with Gasteiger partial charge >= 0.3 is 5.97 Å². The highest BCUT2D eigenvalue weighted by molar-refractivity contribution is 9.10. The molecule has 2 N–H and O–H groups in total. The summed E-state index contributed by atoms with van der Waals surface area (Å²) < 4.78 is 18.5. The number of fused-ring (bicyclic) bond motifs is 1. The number of rotatable bonds is 3. The van der Waals surface area contributed by atoms with E-state index in [1.165, 1.54) is 18.2 Å². The molecular formula is C16H11BrFN3O2. The van der Waals surface area contributed by atoms with Gasteiger partial charge in [-0.3, -0.25) is 0 Å². The molecule has 1 aromatic heterocycles. The predicted octanol–water partition coefficient (Wildman–Crippen LogP) is 3.47. The number of carbonyl (C=O) groups excluding carboxylic acids is 1. The van der Waals surface area contributed by atoms with Crippen LogP contribution in [0.25, 0.3) is 10.9 Å².